The van der Waals surface area contributed by atoms with E-state index in [1.165, 1.54) is 302 Å². The predicted molar refractivity (Wildman–Crippen MR) is 333 cm³/mol. The van der Waals surface area contributed by atoms with Gasteiger partial charge in [0.2, 0.25) is 5.91 Å². The van der Waals surface area contributed by atoms with Gasteiger partial charge in [-0.15, -0.1) is 0 Å². The average molecular weight is 1070 g/mol. The number of hydrogen-bond acceptors (Lipinski definition) is 5. The summed E-state index contributed by atoms with van der Waals surface area (Å²) in [5, 5.41) is 23.4. The Bertz CT molecular complexity index is 1190. The lowest BCUT2D eigenvalue weighted by Crippen LogP contribution is -2.45. The predicted octanol–water partition coefficient (Wildman–Crippen LogP) is 22.1. The van der Waals surface area contributed by atoms with E-state index in [9.17, 15) is 19.8 Å². The fraction of sp³-hybridized carbons (Fsp3) is 0.914. The summed E-state index contributed by atoms with van der Waals surface area (Å²) in [6.07, 6.45) is 82.0. The summed E-state index contributed by atoms with van der Waals surface area (Å²) < 4.78 is 5.50. The molecular formula is C70H135NO5. The summed E-state index contributed by atoms with van der Waals surface area (Å²) in [5.74, 6) is -0.0272. The summed E-state index contributed by atoms with van der Waals surface area (Å²) in [4.78, 5) is 24.7. The molecule has 1 amide bonds. The highest BCUT2D eigenvalue weighted by Gasteiger charge is 2.20. The van der Waals surface area contributed by atoms with Crippen LogP contribution in [0.2, 0.25) is 0 Å². The van der Waals surface area contributed by atoms with E-state index < -0.39 is 12.1 Å². The first-order chi connectivity index (χ1) is 37.5. The van der Waals surface area contributed by atoms with Crippen molar-refractivity contribution in [2.45, 2.75) is 398 Å². The van der Waals surface area contributed by atoms with E-state index in [1.54, 1.807) is 0 Å². The second-order valence-electron chi connectivity index (χ2n) is 23.9. The van der Waals surface area contributed by atoms with Crippen LogP contribution in [0.1, 0.15) is 386 Å². The molecular weight excluding hydrogens is 935 g/mol. The molecule has 2 unspecified atom stereocenters. The highest BCUT2D eigenvalue weighted by Crippen LogP contribution is 2.19. The molecule has 0 aromatic heterocycles. The van der Waals surface area contributed by atoms with Crippen molar-refractivity contribution in [3.8, 4) is 0 Å². The van der Waals surface area contributed by atoms with Crippen molar-refractivity contribution in [1.29, 1.82) is 0 Å². The van der Waals surface area contributed by atoms with Gasteiger partial charge in [0.25, 0.3) is 0 Å². The molecule has 0 aliphatic rings. The minimum atomic E-state index is -0.667. The summed E-state index contributed by atoms with van der Waals surface area (Å²) in [5.41, 5.74) is 0. The third-order valence-electron chi connectivity index (χ3n) is 16.3. The maximum Gasteiger partial charge on any atom is 0.305 e. The Kier molecular flexibility index (Phi) is 64.4. The molecule has 0 saturated carbocycles. The van der Waals surface area contributed by atoms with E-state index in [1.807, 2.05) is 0 Å². The zero-order valence-corrected chi connectivity index (χ0v) is 51.5. The molecule has 3 N–H and O–H groups in total. The molecule has 0 radical (unpaired) electrons. The van der Waals surface area contributed by atoms with Gasteiger partial charge in [0.05, 0.1) is 25.4 Å². The van der Waals surface area contributed by atoms with Crippen molar-refractivity contribution < 1.29 is 24.5 Å². The molecule has 0 fully saturated rings. The third kappa shape index (κ3) is 61.6. The molecule has 0 spiro atoms. The van der Waals surface area contributed by atoms with Crippen molar-refractivity contribution in [2.75, 3.05) is 13.2 Å². The van der Waals surface area contributed by atoms with Gasteiger partial charge in [-0.3, -0.25) is 9.59 Å². The Morgan fingerprint density at radius 3 is 1.03 bits per heavy atom. The number of amides is 1. The molecule has 450 valence electrons. The van der Waals surface area contributed by atoms with E-state index >= 15 is 0 Å². The highest BCUT2D eigenvalue weighted by molar-refractivity contribution is 5.76. The van der Waals surface area contributed by atoms with Crippen LogP contribution in [0.5, 0.6) is 0 Å². The Labute approximate surface area is 475 Å². The Balaban J connectivity index is 3.39. The molecule has 0 aromatic rings. The standard InChI is InChI=1S/C70H135NO5/c1-3-5-7-9-11-13-15-17-19-21-23-24-27-30-34-38-42-46-50-54-58-62-68(73)67(66-72)71-69(74)63-59-55-51-47-43-39-35-31-28-25-29-33-37-41-45-49-53-57-61-65-76-70(75)64-60-56-52-48-44-40-36-32-26-22-20-18-16-14-12-10-8-6-4-2/h12,14,18,20,67-68,72-73H,3-11,13,15-17,19,21-66H2,1-2H3,(H,71,74)/b14-12-,20-18-. The number of aliphatic hydroxyl groups excluding tert-OH is 2. The van der Waals surface area contributed by atoms with Gasteiger partial charge in [0.15, 0.2) is 0 Å². The number of ether oxygens (including phenoxy) is 1. The first-order valence-electron chi connectivity index (χ1n) is 34.6. The summed E-state index contributed by atoms with van der Waals surface area (Å²) in [7, 11) is 0. The zero-order valence-electron chi connectivity index (χ0n) is 51.5. The van der Waals surface area contributed by atoms with Crippen molar-refractivity contribution in [3.63, 3.8) is 0 Å². The number of allylic oxidation sites excluding steroid dienone is 4. The number of carbonyl (C=O) groups excluding carboxylic acids is 2. The lowest BCUT2D eigenvalue weighted by Gasteiger charge is -2.22. The molecule has 0 saturated heterocycles. The fourth-order valence-corrected chi connectivity index (χ4v) is 11.0. The molecule has 6 heteroatoms. The number of carbonyl (C=O) groups is 2. The average Bonchev–Trinajstić information content (AvgIpc) is 3.42. The van der Waals surface area contributed by atoms with E-state index in [0.29, 0.717) is 25.9 Å². The molecule has 0 aromatic carbocycles. The van der Waals surface area contributed by atoms with Gasteiger partial charge in [0.1, 0.15) is 0 Å². The lowest BCUT2D eigenvalue weighted by molar-refractivity contribution is -0.143. The summed E-state index contributed by atoms with van der Waals surface area (Å²) in [6, 6.07) is -0.545. The van der Waals surface area contributed by atoms with Crippen LogP contribution >= 0.6 is 0 Å². The Hall–Kier alpha value is -1.66. The summed E-state index contributed by atoms with van der Waals surface area (Å²) >= 11 is 0. The molecule has 0 heterocycles. The van der Waals surface area contributed by atoms with Crippen LogP contribution in [0.3, 0.4) is 0 Å². The van der Waals surface area contributed by atoms with Gasteiger partial charge < -0.3 is 20.3 Å². The van der Waals surface area contributed by atoms with Gasteiger partial charge in [0, 0.05) is 12.8 Å². The van der Waals surface area contributed by atoms with Crippen molar-refractivity contribution in [2.24, 2.45) is 0 Å². The molecule has 6 nitrogen and oxygen atoms in total. The van der Waals surface area contributed by atoms with Crippen molar-refractivity contribution in [3.05, 3.63) is 24.3 Å². The number of aliphatic hydroxyl groups is 2. The zero-order chi connectivity index (χ0) is 55.0. The summed E-state index contributed by atoms with van der Waals surface area (Å²) in [6.45, 7) is 4.96. The van der Waals surface area contributed by atoms with Crippen molar-refractivity contribution >= 4 is 11.9 Å². The van der Waals surface area contributed by atoms with Gasteiger partial charge in [-0.05, 0) is 57.8 Å². The molecule has 0 aliphatic heterocycles. The van der Waals surface area contributed by atoms with E-state index in [2.05, 4.69) is 43.5 Å². The van der Waals surface area contributed by atoms with Crippen LogP contribution in [0, 0.1) is 0 Å². The molecule has 76 heavy (non-hydrogen) atoms. The van der Waals surface area contributed by atoms with E-state index in [-0.39, 0.29) is 18.5 Å². The largest absolute Gasteiger partial charge is 0.466 e. The topological polar surface area (TPSA) is 95.9 Å². The van der Waals surface area contributed by atoms with Crippen LogP contribution in [0.15, 0.2) is 24.3 Å². The quantitative estimate of drug-likeness (QED) is 0.0320. The molecule has 2 atom stereocenters. The highest BCUT2D eigenvalue weighted by atomic mass is 16.5. The van der Waals surface area contributed by atoms with Crippen LogP contribution in [0.25, 0.3) is 0 Å². The van der Waals surface area contributed by atoms with Gasteiger partial charge in [-0.1, -0.05) is 340 Å². The third-order valence-corrected chi connectivity index (χ3v) is 16.3. The van der Waals surface area contributed by atoms with Gasteiger partial charge in [-0.2, -0.15) is 0 Å². The lowest BCUT2D eigenvalue weighted by atomic mass is 10.0. The number of esters is 1. The first kappa shape index (κ1) is 74.3. The normalized spacial score (nSPS) is 12.6. The minimum absolute atomic E-state index is 0.00641. The van der Waals surface area contributed by atoms with E-state index in [0.717, 1.165) is 51.4 Å². The number of unbranched alkanes of at least 4 members (excludes halogenated alkanes) is 50. The minimum Gasteiger partial charge on any atom is -0.466 e. The van der Waals surface area contributed by atoms with Crippen LogP contribution in [0.4, 0.5) is 0 Å². The number of rotatable bonds is 65. The molecule has 0 rings (SSSR count). The fourth-order valence-electron chi connectivity index (χ4n) is 11.0. The Morgan fingerprint density at radius 2 is 0.658 bits per heavy atom. The molecule has 0 aliphatic carbocycles. The Morgan fingerprint density at radius 1 is 0.368 bits per heavy atom. The number of hydrogen-bond donors (Lipinski definition) is 3. The van der Waals surface area contributed by atoms with Gasteiger partial charge in [-0.25, -0.2) is 0 Å². The smallest absolute Gasteiger partial charge is 0.305 e. The van der Waals surface area contributed by atoms with E-state index in [4.69, 9.17) is 4.74 Å². The number of nitrogens with one attached hydrogen (secondary N) is 1. The van der Waals surface area contributed by atoms with Crippen LogP contribution < -0.4 is 5.32 Å². The second kappa shape index (κ2) is 65.9. The van der Waals surface area contributed by atoms with Gasteiger partial charge >= 0.3 is 5.97 Å². The SMILES string of the molecule is CCCCC/C=C\C/C=C\CCCCCCCCCCCC(=O)OCCCCCCCCCCCCCCCCCCCCCC(=O)NC(CO)C(O)CCCCCCCCCCCCCCCCCCCCCCC. The first-order valence-corrected chi connectivity index (χ1v) is 34.6. The maximum atomic E-state index is 12.5. The molecule has 0 bridgehead atoms. The van der Waals surface area contributed by atoms with Crippen LogP contribution in [-0.2, 0) is 14.3 Å². The second-order valence-corrected chi connectivity index (χ2v) is 23.9. The maximum absolute atomic E-state index is 12.5. The van der Waals surface area contributed by atoms with Crippen LogP contribution in [-0.4, -0.2) is 47.4 Å². The van der Waals surface area contributed by atoms with Crippen molar-refractivity contribution in [1.82, 2.24) is 5.32 Å². The monoisotopic (exact) mass is 1070 g/mol.